The number of thiazole rings is 1. The van der Waals surface area contributed by atoms with Crippen molar-refractivity contribution >= 4 is 32.6 Å². The van der Waals surface area contributed by atoms with Crippen molar-refractivity contribution in [1.29, 1.82) is 0 Å². The van der Waals surface area contributed by atoms with E-state index in [0.29, 0.717) is 22.9 Å². The molecule has 1 amide bonds. The molecule has 0 atom stereocenters. The Balaban J connectivity index is 1.70. The molecule has 29 heavy (non-hydrogen) atoms. The standard InChI is InChI=1S/C22H20N4O2S/c1-15-16(2)23-14-25(21(15)28)13-20(27)26(12-17-8-4-3-5-9-17)22-24-18-10-6-7-11-19(18)29-22/h3-11,14H,12-13H2,1-2H3. The van der Waals surface area contributed by atoms with E-state index in [1.165, 1.54) is 22.2 Å². The predicted molar refractivity (Wildman–Crippen MR) is 115 cm³/mol. The van der Waals surface area contributed by atoms with Crippen LogP contribution in [0.3, 0.4) is 0 Å². The summed E-state index contributed by atoms with van der Waals surface area (Å²) < 4.78 is 2.37. The van der Waals surface area contributed by atoms with Crippen LogP contribution in [0.4, 0.5) is 5.13 Å². The Labute approximate surface area is 172 Å². The monoisotopic (exact) mass is 404 g/mol. The highest BCUT2D eigenvalue weighted by molar-refractivity contribution is 7.22. The fraction of sp³-hybridized carbons (Fsp3) is 0.182. The van der Waals surface area contributed by atoms with Crippen molar-refractivity contribution in [2.24, 2.45) is 0 Å². The highest BCUT2D eigenvalue weighted by Crippen LogP contribution is 2.29. The van der Waals surface area contributed by atoms with Crippen LogP contribution in [0.5, 0.6) is 0 Å². The highest BCUT2D eigenvalue weighted by atomic mass is 32.1. The number of nitrogens with zero attached hydrogens (tertiary/aromatic N) is 4. The van der Waals surface area contributed by atoms with Gasteiger partial charge < -0.3 is 0 Å². The minimum absolute atomic E-state index is 0.0876. The molecule has 0 saturated heterocycles. The van der Waals surface area contributed by atoms with Gasteiger partial charge in [0.1, 0.15) is 6.54 Å². The van der Waals surface area contributed by atoms with Crippen LogP contribution in [0.1, 0.15) is 16.8 Å². The van der Waals surface area contributed by atoms with Crippen LogP contribution >= 0.6 is 11.3 Å². The molecule has 2 aromatic carbocycles. The predicted octanol–water partition coefficient (Wildman–Crippen LogP) is 3.70. The molecule has 2 heterocycles. The van der Waals surface area contributed by atoms with Gasteiger partial charge in [-0.2, -0.15) is 0 Å². The molecule has 0 radical (unpaired) electrons. The Hall–Kier alpha value is -3.32. The van der Waals surface area contributed by atoms with Crippen LogP contribution in [0.2, 0.25) is 0 Å². The summed E-state index contributed by atoms with van der Waals surface area (Å²) in [5, 5.41) is 0.616. The first-order valence-corrected chi connectivity index (χ1v) is 10.1. The van der Waals surface area contributed by atoms with Gasteiger partial charge in [-0.3, -0.25) is 19.1 Å². The number of hydrogen-bond donors (Lipinski definition) is 0. The molecule has 4 rings (SSSR count). The van der Waals surface area contributed by atoms with Crippen molar-refractivity contribution in [1.82, 2.24) is 14.5 Å². The van der Waals surface area contributed by atoms with E-state index in [9.17, 15) is 9.59 Å². The summed E-state index contributed by atoms with van der Waals surface area (Å²) in [5.74, 6) is -0.208. The molecule has 0 bridgehead atoms. The van der Waals surface area contributed by atoms with Gasteiger partial charge in [0.05, 0.1) is 23.1 Å². The van der Waals surface area contributed by atoms with E-state index >= 15 is 0 Å². The Morgan fingerprint density at radius 1 is 1.07 bits per heavy atom. The second-order valence-electron chi connectivity index (χ2n) is 6.82. The summed E-state index contributed by atoms with van der Waals surface area (Å²) in [6.45, 7) is 3.80. The quantitative estimate of drug-likeness (QED) is 0.509. The molecule has 0 saturated carbocycles. The third kappa shape index (κ3) is 3.95. The van der Waals surface area contributed by atoms with Gasteiger partial charge >= 0.3 is 0 Å². The van der Waals surface area contributed by atoms with Crippen LogP contribution in [0, 0.1) is 13.8 Å². The topological polar surface area (TPSA) is 68.1 Å². The molecule has 0 unspecified atom stereocenters. The fourth-order valence-corrected chi connectivity index (χ4v) is 4.01. The Morgan fingerprint density at radius 2 is 1.79 bits per heavy atom. The summed E-state index contributed by atoms with van der Waals surface area (Å²) in [7, 11) is 0. The second kappa shape index (κ2) is 7.97. The van der Waals surface area contributed by atoms with Crippen molar-refractivity contribution in [3.63, 3.8) is 0 Å². The Morgan fingerprint density at radius 3 is 2.55 bits per heavy atom. The van der Waals surface area contributed by atoms with Crippen LogP contribution in [0.15, 0.2) is 65.7 Å². The average molecular weight is 404 g/mol. The molecule has 4 aromatic rings. The first kappa shape index (κ1) is 19.0. The lowest BCUT2D eigenvalue weighted by atomic mass is 10.2. The van der Waals surface area contributed by atoms with E-state index in [2.05, 4.69) is 9.97 Å². The Kier molecular flexibility index (Phi) is 5.22. The number of fused-ring (bicyclic) bond motifs is 1. The average Bonchev–Trinajstić information content (AvgIpc) is 3.17. The lowest BCUT2D eigenvalue weighted by molar-refractivity contribution is -0.119. The molecule has 0 N–H and O–H groups in total. The van der Waals surface area contributed by atoms with Gasteiger partial charge in [-0.05, 0) is 31.5 Å². The Bertz CT molecular complexity index is 1200. The number of amides is 1. The van der Waals surface area contributed by atoms with E-state index in [0.717, 1.165) is 15.8 Å². The molecule has 146 valence electrons. The molecular formula is C22H20N4O2S. The zero-order valence-electron chi connectivity index (χ0n) is 16.2. The van der Waals surface area contributed by atoms with Crippen molar-refractivity contribution in [2.75, 3.05) is 4.90 Å². The largest absolute Gasteiger partial charge is 0.289 e. The number of aryl methyl sites for hydroxylation is 1. The minimum atomic E-state index is -0.208. The first-order chi connectivity index (χ1) is 14.0. The van der Waals surface area contributed by atoms with Gasteiger partial charge in [0.2, 0.25) is 5.91 Å². The van der Waals surface area contributed by atoms with E-state index in [-0.39, 0.29) is 18.0 Å². The first-order valence-electron chi connectivity index (χ1n) is 9.25. The summed E-state index contributed by atoms with van der Waals surface area (Å²) >= 11 is 1.46. The lowest BCUT2D eigenvalue weighted by Crippen LogP contribution is -2.37. The molecule has 0 aliphatic heterocycles. The number of para-hydroxylation sites is 1. The van der Waals surface area contributed by atoms with E-state index in [1.54, 1.807) is 18.7 Å². The van der Waals surface area contributed by atoms with Gasteiger partial charge in [-0.15, -0.1) is 0 Å². The zero-order chi connectivity index (χ0) is 20.4. The van der Waals surface area contributed by atoms with Gasteiger partial charge in [0.25, 0.3) is 5.56 Å². The van der Waals surface area contributed by atoms with Crippen molar-refractivity contribution < 1.29 is 4.79 Å². The fourth-order valence-electron chi connectivity index (χ4n) is 3.02. The molecule has 7 heteroatoms. The summed E-state index contributed by atoms with van der Waals surface area (Å²) in [4.78, 5) is 36.3. The van der Waals surface area contributed by atoms with Gasteiger partial charge in [0, 0.05) is 11.3 Å². The molecule has 0 spiro atoms. The second-order valence-corrected chi connectivity index (χ2v) is 7.83. The number of anilines is 1. The van der Waals surface area contributed by atoms with E-state index in [1.807, 2.05) is 54.6 Å². The number of carbonyl (C=O) groups is 1. The molecule has 0 fully saturated rings. The lowest BCUT2D eigenvalue weighted by Gasteiger charge is -2.20. The SMILES string of the molecule is Cc1ncn(CC(=O)N(Cc2ccccc2)c2nc3ccccc3s2)c(=O)c1C. The number of aromatic nitrogens is 3. The maximum Gasteiger partial charge on any atom is 0.256 e. The summed E-state index contributed by atoms with van der Waals surface area (Å²) in [6, 6.07) is 17.5. The van der Waals surface area contributed by atoms with Crippen LogP contribution in [0.25, 0.3) is 10.2 Å². The summed E-state index contributed by atoms with van der Waals surface area (Å²) in [6.07, 6.45) is 1.43. The number of benzene rings is 2. The molecule has 2 aromatic heterocycles. The minimum Gasteiger partial charge on any atom is -0.289 e. The van der Waals surface area contributed by atoms with Crippen molar-refractivity contribution in [3.05, 3.63) is 88.1 Å². The van der Waals surface area contributed by atoms with Crippen molar-refractivity contribution in [3.8, 4) is 0 Å². The molecule has 0 aliphatic rings. The molecule has 0 aliphatic carbocycles. The highest BCUT2D eigenvalue weighted by Gasteiger charge is 2.21. The number of carbonyl (C=O) groups excluding carboxylic acids is 1. The third-order valence-corrected chi connectivity index (χ3v) is 5.88. The summed E-state index contributed by atoms with van der Waals surface area (Å²) in [5.41, 5.74) is 2.87. The smallest absolute Gasteiger partial charge is 0.256 e. The number of rotatable bonds is 5. The maximum atomic E-state index is 13.2. The zero-order valence-corrected chi connectivity index (χ0v) is 17.0. The van der Waals surface area contributed by atoms with Crippen molar-refractivity contribution in [2.45, 2.75) is 26.9 Å². The van der Waals surface area contributed by atoms with Crippen LogP contribution in [-0.4, -0.2) is 20.4 Å². The van der Waals surface area contributed by atoms with Crippen LogP contribution < -0.4 is 10.5 Å². The maximum absolute atomic E-state index is 13.2. The van der Waals surface area contributed by atoms with Crippen LogP contribution in [-0.2, 0) is 17.9 Å². The van der Waals surface area contributed by atoms with E-state index in [4.69, 9.17) is 0 Å². The molecular weight excluding hydrogens is 384 g/mol. The van der Waals surface area contributed by atoms with E-state index < -0.39 is 0 Å². The van der Waals surface area contributed by atoms with Gasteiger partial charge in [-0.25, -0.2) is 9.97 Å². The molecule has 6 nitrogen and oxygen atoms in total. The normalized spacial score (nSPS) is 11.0. The number of hydrogen-bond acceptors (Lipinski definition) is 5. The third-order valence-electron chi connectivity index (χ3n) is 4.82. The van der Waals surface area contributed by atoms with Gasteiger partial charge in [0.15, 0.2) is 5.13 Å². The van der Waals surface area contributed by atoms with Gasteiger partial charge in [-0.1, -0.05) is 53.8 Å².